The minimum atomic E-state index is -0.0494. The summed E-state index contributed by atoms with van der Waals surface area (Å²) in [4.78, 5) is 0. The molecule has 2 rings (SSSR count). The molecule has 1 saturated carbocycles. The van der Waals surface area contributed by atoms with Crippen molar-refractivity contribution in [1.29, 1.82) is 0 Å². The summed E-state index contributed by atoms with van der Waals surface area (Å²) in [5, 5.41) is 18.2. The smallest absolute Gasteiger partial charge is 0.126 e. The molecule has 148 valence electrons. The van der Waals surface area contributed by atoms with Gasteiger partial charge in [0, 0.05) is 19.1 Å². The van der Waals surface area contributed by atoms with Crippen molar-refractivity contribution in [3.63, 3.8) is 0 Å². The lowest BCUT2D eigenvalue weighted by atomic mass is 9.76. The number of rotatable bonds is 11. The van der Waals surface area contributed by atoms with E-state index in [4.69, 9.17) is 10.2 Å². The molecule has 1 aliphatic rings. The van der Waals surface area contributed by atoms with E-state index in [1.165, 1.54) is 38.5 Å². The third kappa shape index (κ3) is 6.66. The van der Waals surface area contributed by atoms with E-state index in [1.807, 2.05) is 6.07 Å². The van der Waals surface area contributed by atoms with Crippen LogP contribution in [-0.4, -0.2) is 23.4 Å². The zero-order chi connectivity index (χ0) is 18.8. The summed E-state index contributed by atoms with van der Waals surface area (Å²) in [5.74, 6) is 1.15. The topological polar surface area (TPSA) is 40.5 Å². The van der Waals surface area contributed by atoms with Crippen molar-refractivity contribution >= 4 is 0 Å². The first-order valence-corrected chi connectivity index (χ1v) is 10.7. The van der Waals surface area contributed by atoms with Gasteiger partial charge in [-0.2, -0.15) is 0 Å². The number of aliphatic hydroxyl groups excluding tert-OH is 2. The van der Waals surface area contributed by atoms with Crippen LogP contribution in [0.5, 0.6) is 0 Å². The molecule has 2 N–H and O–H groups in total. The third-order valence-electron chi connectivity index (χ3n) is 6.16. The first kappa shape index (κ1) is 21.4. The summed E-state index contributed by atoms with van der Waals surface area (Å²) in [5.41, 5.74) is 1.93. The quantitative estimate of drug-likeness (QED) is 0.502. The third-order valence-corrected chi connectivity index (χ3v) is 6.16. The Kier molecular flexibility index (Phi) is 9.63. The summed E-state index contributed by atoms with van der Waals surface area (Å²) in [7, 11) is 0. The van der Waals surface area contributed by atoms with Crippen molar-refractivity contribution < 1.29 is 14.6 Å². The van der Waals surface area contributed by atoms with Gasteiger partial charge in [-0.1, -0.05) is 44.7 Å². The highest BCUT2D eigenvalue weighted by Crippen LogP contribution is 2.38. The maximum atomic E-state index is 14.6. The number of aryl methyl sites for hydroxylation is 1. The van der Waals surface area contributed by atoms with Gasteiger partial charge in [0.15, 0.2) is 0 Å². The standard InChI is InChI=1S/C23H37FO2/c1-2-3-4-6-18-9-12-21(13-10-18)22-14-11-19(15-23(22)24)7-5-8-20(16-25)17-26/h11,14-15,18,20-21,25-26H,2-10,12-13,16-17H2,1H3. The molecule has 1 aromatic carbocycles. The first-order chi connectivity index (χ1) is 12.7. The Morgan fingerprint density at radius 3 is 2.38 bits per heavy atom. The number of halogens is 1. The molecule has 0 spiro atoms. The van der Waals surface area contributed by atoms with Gasteiger partial charge in [-0.3, -0.25) is 0 Å². The van der Waals surface area contributed by atoms with Crippen LogP contribution >= 0.6 is 0 Å². The number of unbranched alkanes of at least 4 members (excludes halogenated alkanes) is 2. The second-order valence-corrected chi connectivity index (χ2v) is 8.19. The largest absolute Gasteiger partial charge is 0.396 e. The molecule has 1 aliphatic carbocycles. The maximum Gasteiger partial charge on any atom is 0.126 e. The normalized spacial score (nSPS) is 20.7. The molecular weight excluding hydrogens is 327 g/mol. The number of benzene rings is 1. The summed E-state index contributed by atoms with van der Waals surface area (Å²) in [6, 6.07) is 5.77. The summed E-state index contributed by atoms with van der Waals surface area (Å²) in [6.45, 7) is 2.29. The molecule has 0 aromatic heterocycles. The second-order valence-electron chi connectivity index (χ2n) is 8.19. The van der Waals surface area contributed by atoms with Gasteiger partial charge in [0.2, 0.25) is 0 Å². The molecule has 0 amide bonds. The van der Waals surface area contributed by atoms with Crippen molar-refractivity contribution in [2.75, 3.05) is 13.2 Å². The Labute approximate surface area is 158 Å². The van der Waals surface area contributed by atoms with E-state index in [9.17, 15) is 4.39 Å². The molecular formula is C23H37FO2. The lowest BCUT2D eigenvalue weighted by Crippen LogP contribution is -2.14. The van der Waals surface area contributed by atoms with Crippen molar-refractivity contribution in [1.82, 2.24) is 0 Å². The van der Waals surface area contributed by atoms with Crippen LogP contribution in [0.25, 0.3) is 0 Å². The molecule has 0 radical (unpaired) electrons. The SMILES string of the molecule is CCCCCC1CCC(c2ccc(CCCC(CO)CO)cc2F)CC1. The molecule has 0 heterocycles. The molecule has 1 aromatic rings. The molecule has 0 bridgehead atoms. The number of hydrogen-bond acceptors (Lipinski definition) is 2. The highest BCUT2D eigenvalue weighted by atomic mass is 19.1. The van der Waals surface area contributed by atoms with E-state index in [0.29, 0.717) is 5.92 Å². The van der Waals surface area contributed by atoms with E-state index < -0.39 is 0 Å². The monoisotopic (exact) mass is 364 g/mol. The fourth-order valence-electron chi connectivity index (χ4n) is 4.34. The lowest BCUT2D eigenvalue weighted by Gasteiger charge is -2.29. The van der Waals surface area contributed by atoms with Gasteiger partial charge in [0.1, 0.15) is 5.82 Å². The molecule has 26 heavy (non-hydrogen) atoms. The predicted molar refractivity (Wildman–Crippen MR) is 106 cm³/mol. The van der Waals surface area contributed by atoms with Gasteiger partial charge >= 0.3 is 0 Å². The summed E-state index contributed by atoms with van der Waals surface area (Å²) in [6.07, 6.45) is 12.5. The van der Waals surface area contributed by atoms with Gasteiger partial charge in [0.05, 0.1) is 0 Å². The zero-order valence-electron chi connectivity index (χ0n) is 16.4. The van der Waals surface area contributed by atoms with Crippen molar-refractivity contribution in [3.8, 4) is 0 Å². The molecule has 0 saturated heterocycles. The first-order valence-electron chi connectivity index (χ1n) is 10.7. The van der Waals surface area contributed by atoms with E-state index in [2.05, 4.69) is 13.0 Å². The Morgan fingerprint density at radius 2 is 1.77 bits per heavy atom. The van der Waals surface area contributed by atoms with Gasteiger partial charge in [0.25, 0.3) is 0 Å². The second kappa shape index (κ2) is 11.7. The molecule has 0 atom stereocenters. The molecule has 0 aliphatic heterocycles. The average molecular weight is 365 g/mol. The highest BCUT2D eigenvalue weighted by Gasteiger charge is 2.24. The van der Waals surface area contributed by atoms with Crippen molar-refractivity contribution in [2.45, 2.75) is 83.5 Å². The van der Waals surface area contributed by atoms with E-state index >= 15 is 0 Å². The predicted octanol–water partition coefficient (Wildman–Crippen LogP) is 5.60. The van der Waals surface area contributed by atoms with Gasteiger partial charge < -0.3 is 10.2 Å². The van der Waals surface area contributed by atoms with Crippen molar-refractivity contribution in [3.05, 3.63) is 35.1 Å². The minimum absolute atomic E-state index is 0.0188. The Hall–Kier alpha value is -0.930. The lowest BCUT2D eigenvalue weighted by molar-refractivity contribution is 0.142. The minimum Gasteiger partial charge on any atom is -0.396 e. The fraction of sp³-hybridized carbons (Fsp3) is 0.739. The van der Waals surface area contributed by atoms with Crippen LogP contribution < -0.4 is 0 Å². The average Bonchev–Trinajstić information content (AvgIpc) is 2.66. The van der Waals surface area contributed by atoms with Crippen LogP contribution in [0.4, 0.5) is 4.39 Å². The van der Waals surface area contributed by atoms with E-state index in [0.717, 1.165) is 49.1 Å². The van der Waals surface area contributed by atoms with Gasteiger partial charge in [-0.15, -0.1) is 0 Å². The Balaban J connectivity index is 1.80. The molecule has 0 unspecified atom stereocenters. The van der Waals surface area contributed by atoms with E-state index in [1.54, 1.807) is 6.07 Å². The van der Waals surface area contributed by atoms with Gasteiger partial charge in [-0.25, -0.2) is 4.39 Å². The van der Waals surface area contributed by atoms with Crippen LogP contribution in [0, 0.1) is 17.7 Å². The number of aliphatic hydroxyl groups is 2. The maximum absolute atomic E-state index is 14.6. The van der Waals surface area contributed by atoms with Gasteiger partial charge in [-0.05, 0) is 74.0 Å². The van der Waals surface area contributed by atoms with Crippen LogP contribution in [0.15, 0.2) is 18.2 Å². The molecule has 2 nitrogen and oxygen atoms in total. The van der Waals surface area contributed by atoms with Crippen molar-refractivity contribution in [2.24, 2.45) is 11.8 Å². The Bertz CT molecular complexity index is 505. The fourth-order valence-corrected chi connectivity index (χ4v) is 4.34. The van der Waals surface area contributed by atoms with Crippen LogP contribution in [0.1, 0.15) is 88.2 Å². The van der Waals surface area contributed by atoms with Crippen LogP contribution in [-0.2, 0) is 6.42 Å². The molecule has 1 fully saturated rings. The molecule has 3 heteroatoms. The summed E-state index contributed by atoms with van der Waals surface area (Å²) < 4.78 is 14.6. The number of hydrogen-bond donors (Lipinski definition) is 2. The summed E-state index contributed by atoms with van der Waals surface area (Å²) >= 11 is 0. The van der Waals surface area contributed by atoms with Crippen LogP contribution in [0.3, 0.4) is 0 Å². The Morgan fingerprint density at radius 1 is 1.04 bits per heavy atom. The van der Waals surface area contributed by atoms with E-state index in [-0.39, 0.29) is 24.9 Å². The zero-order valence-corrected chi connectivity index (χ0v) is 16.4. The highest BCUT2D eigenvalue weighted by molar-refractivity contribution is 5.27. The van der Waals surface area contributed by atoms with Crippen LogP contribution in [0.2, 0.25) is 0 Å².